The molecule has 0 aliphatic carbocycles. The summed E-state index contributed by atoms with van der Waals surface area (Å²) in [5.41, 5.74) is 0.812. The molecule has 0 spiro atoms. The van der Waals surface area contributed by atoms with Crippen LogP contribution in [0, 0.1) is 5.41 Å². The summed E-state index contributed by atoms with van der Waals surface area (Å²) in [7, 11) is 0. The van der Waals surface area contributed by atoms with Gasteiger partial charge < -0.3 is 0 Å². The van der Waals surface area contributed by atoms with Crippen molar-refractivity contribution in [3.8, 4) is 0 Å². The van der Waals surface area contributed by atoms with Gasteiger partial charge in [-0.15, -0.1) is 0 Å². The van der Waals surface area contributed by atoms with Crippen molar-refractivity contribution in [1.29, 1.82) is 0 Å². The Morgan fingerprint density at radius 1 is 0.615 bits per heavy atom. The fraction of sp³-hybridized carbons (Fsp3) is 1.00. The minimum atomic E-state index is 0.812. The van der Waals surface area contributed by atoms with E-state index in [9.17, 15) is 0 Å². The van der Waals surface area contributed by atoms with Gasteiger partial charge >= 0.3 is 110 Å². The van der Waals surface area contributed by atoms with Gasteiger partial charge in [0.1, 0.15) is 0 Å². The summed E-state index contributed by atoms with van der Waals surface area (Å²) in [5, 5.41) is 6.23. The average molecular weight is 444 g/mol. The predicted octanol–water partition coefficient (Wildman–Crippen LogP) is 2.66. The van der Waals surface area contributed by atoms with Crippen LogP contribution in [0.3, 0.4) is 0 Å². The summed E-state index contributed by atoms with van der Waals surface area (Å²) in [6.07, 6.45) is 0. The maximum atomic E-state index is 2.41. The zero-order valence-corrected chi connectivity index (χ0v) is 15.8. The number of rotatable bonds is 8. The van der Waals surface area contributed by atoms with Crippen LogP contribution in [-0.4, -0.2) is 59.8 Å². The Hall–Kier alpha value is 2.08. The van der Waals surface area contributed by atoms with Gasteiger partial charge in [-0.2, -0.15) is 0 Å². The van der Waals surface area contributed by atoms with Crippen molar-refractivity contribution in [2.75, 3.05) is 0 Å². The maximum absolute atomic E-state index is 2.41. The molecule has 0 bridgehead atoms. The average Bonchev–Trinajstić information content (AvgIpc) is 2.06. The van der Waals surface area contributed by atoms with E-state index in [2.05, 4.69) is 23.3 Å². The zero-order valence-electron chi connectivity index (χ0n) is 8.96. The second-order valence-corrected chi connectivity index (χ2v) is 10.5. The van der Waals surface area contributed by atoms with Crippen molar-refractivity contribution in [3.63, 3.8) is 0 Å². The van der Waals surface area contributed by atoms with Crippen molar-refractivity contribution in [2.45, 2.75) is 44.6 Å². The van der Waals surface area contributed by atoms with Crippen LogP contribution in [0.1, 0.15) is 0 Å². The monoisotopic (exact) mass is 448 g/mol. The Morgan fingerprint density at radius 2 is 0.846 bits per heavy atom. The molecule has 0 heterocycles. The van der Waals surface area contributed by atoms with Gasteiger partial charge in [-0.05, 0) is 0 Å². The van der Waals surface area contributed by atoms with E-state index in [1.165, 1.54) is 0 Å². The Balaban J connectivity index is 4.19. The van der Waals surface area contributed by atoms with Gasteiger partial charge in [0, 0.05) is 0 Å². The summed E-state index contributed by atoms with van der Waals surface area (Å²) in [6, 6.07) is 0. The van der Waals surface area contributed by atoms with E-state index in [0.717, 1.165) is 65.2 Å². The van der Waals surface area contributed by atoms with Crippen molar-refractivity contribution in [3.05, 3.63) is 0 Å². The summed E-state index contributed by atoms with van der Waals surface area (Å²) in [4.78, 5) is 0. The molecular weight excluding hydrogens is 424 g/mol. The molecule has 13 heavy (non-hydrogen) atoms. The Bertz CT molecular complexity index is 86.7. The van der Waals surface area contributed by atoms with Crippen molar-refractivity contribution < 1.29 is 0 Å². The van der Waals surface area contributed by atoms with Crippen LogP contribution in [0.15, 0.2) is 0 Å². The molecule has 0 aromatic heterocycles. The van der Waals surface area contributed by atoms with Crippen molar-refractivity contribution in [1.82, 2.24) is 0 Å². The molecule has 0 radical (unpaired) electrons. The Morgan fingerprint density at radius 3 is 1.00 bits per heavy atom. The van der Waals surface area contributed by atoms with E-state index in [1.54, 1.807) is 21.3 Å². The SMILES string of the molecule is C[Se]CC(C[Se]C)(C[Se]C)C[Se]C. The summed E-state index contributed by atoms with van der Waals surface area (Å²) in [6.45, 7) is 0. The number of hydrogen-bond donors (Lipinski definition) is 0. The van der Waals surface area contributed by atoms with Gasteiger partial charge in [-0.1, -0.05) is 0 Å². The second kappa shape index (κ2) is 9.31. The molecule has 80 valence electrons. The molecule has 0 saturated carbocycles. The fourth-order valence-corrected chi connectivity index (χ4v) is 13.1. The second-order valence-electron chi connectivity index (χ2n) is 3.23. The van der Waals surface area contributed by atoms with Crippen molar-refractivity contribution in [2.24, 2.45) is 5.41 Å². The van der Waals surface area contributed by atoms with Gasteiger partial charge in [-0.3, -0.25) is 0 Å². The van der Waals surface area contributed by atoms with Crippen LogP contribution in [-0.2, 0) is 0 Å². The molecule has 0 aliphatic heterocycles. The van der Waals surface area contributed by atoms with Crippen LogP contribution >= 0.6 is 0 Å². The third-order valence-corrected chi connectivity index (χ3v) is 9.36. The van der Waals surface area contributed by atoms with Gasteiger partial charge in [0.25, 0.3) is 0 Å². The van der Waals surface area contributed by atoms with E-state index in [0.29, 0.717) is 0 Å². The Kier molecular flexibility index (Phi) is 10.8. The van der Waals surface area contributed by atoms with E-state index in [-0.39, 0.29) is 0 Å². The topological polar surface area (TPSA) is 0 Å². The standard InChI is InChI=1S/C9H20Se4/c1-10-5-9(6-11-2,7-12-3)8-13-4/h5-8H2,1-4H3. The van der Waals surface area contributed by atoms with E-state index < -0.39 is 0 Å². The zero-order chi connectivity index (χ0) is 10.2. The summed E-state index contributed by atoms with van der Waals surface area (Å²) >= 11 is 3.56. The molecule has 0 amide bonds. The van der Waals surface area contributed by atoms with E-state index >= 15 is 0 Å². The molecule has 0 aromatic rings. The first kappa shape index (κ1) is 15.1. The third-order valence-electron chi connectivity index (χ3n) is 1.80. The molecule has 0 saturated heterocycles. The van der Waals surface area contributed by atoms with E-state index in [1.807, 2.05) is 0 Å². The molecule has 0 fully saturated rings. The van der Waals surface area contributed by atoms with Crippen LogP contribution in [0.4, 0.5) is 0 Å². The normalized spacial score (nSPS) is 12.0. The molecule has 0 aromatic carbocycles. The van der Waals surface area contributed by atoms with Crippen molar-refractivity contribution >= 4 is 59.8 Å². The van der Waals surface area contributed by atoms with Crippen LogP contribution in [0.2, 0.25) is 44.6 Å². The predicted molar refractivity (Wildman–Crippen MR) is 68.1 cm³/mol. The molecular formula is C9H20Se4. The van der Waals surface area contributed by atoms with Gasteiger partial charge in [0.05, 0.1) is 0 Å². The first-order valence-electron chi connectivity index (χ1n) is 4.20. The fourth-order valence-electron chi connectivity index (χ4n) is 1.47. The molecule has 0 nitrogen and oxygen atoms in total. The van der Waals surface area contributed by atoms with Gasteiger partial charge in [-0.25, -0.2) is 0 Å². The van der Waals surface area contributed by atoms with Crippen LogP contribution in [0.25, 0.3) is 0 Å². The molecule has 0 atom stereocenters. The molecule has 4 heteroatoms. The first-order valence-corrected chi connectivity index (χ1v) is 15.9. The van der Waals surface area contributed by atoms with Crippen LogP contribution < -0.4 is 0 Å². The third kappa shape index (κ3) is 6.28. The molecule has 0 rings (SSSR count). The van der Waals surface area contributed by atoms with Gasteiger partial charge in [0.15, 0.2) is 0 Å². The van der Waals surface area contributed by atoms with Gasteiger partial charge in [0.2, 0.25) is 0 Å². The Labute approximate surface area is 109 Å². The first-order chi connectivity index (χ1) is 6.24. The summed E-state index contributed by atoms with van der Waals surface area (Å²) in [5.74, 6) is 9.65. The summed E-state index contributed by atoms with van der Waals surface area (Å²) < 4.78 is 0. The molecule has 0 aliphatic rings. The van der Waals surface area contributed by atoms with Crippen LogP contribution in [0.5, 0.6) is 0 Å². The molecule has 0 N–H and O–H groups in total. The minimum absolute atomic E-state index is 0.812. The quantitative estimate of drug-likeness (QED) is 0.506. The molecule has 0 unspecified atom stereocenters. The van der Waals surface area contributed by atoms with E-state index in [4.69, 9.17) is 0 Å². The number of hydrogen-bond acceptors (Lipinski definition) is 0.